The van der Waals surface area contributed by atoms with E-state index in [2.05, 4.69) is 29.0 Å². The Labute approximate surface area is 128 Å². The SMILES string of the molecule is C[C@@H]1CN(CC(=O)N2CCC3(CCCNC3)C2)C[C@H](C)O1. The molecule has 0 aromatic rings. The van der Waals surface area contributed by atoms with Gasteiger partial charge in [-0.1, -0.05) is 0 Å². The van der Waals surface area contributed by atoms with E-state index >= 15 is 0 Å². The van der Waals surface area contributed by atoms with Crippen molar-refractivity contribution in [2.24, 2.45) is 5.41 Å². The average Bonchev–Trinajstić information content (AvgIpc) is 2.82. The molecule has 3 heterocycles. The fourth-order valence-electron chi connectivity index (χ4n) is 4.23. The number of nitrogens with zero attached hydrogens (tertiary/aromatic N) is 2. The topological polar surface area (TPSA) is 44.8 Å². The van der Waals surface area contributed by atoms with E-state index in [1.807, 2.05) is 0 Å². The number of rotatable bonds is 2. The van der Waals surface area contributed by atoms with Gasteiger partial charge in [0, 0.05) is 38.1 Å². The zero-order valence-corrected chi connectivity index (χ0v) is 13.4. The van der Waals surface area contributed by atoms with Crippen LogP contribution in [0.5, 0.6) is 0 Å². The lowest BCUT2D eigenvalue weighted by molar-refractivity contribution is -0.135. The molecule has 1 spiro atoms. The summed E-state index contributed by atoms with van der Waals surface area (Å²) in [6.45, 7) is 10.6. The number of amides is 1. The lowest BCUT2D eigenvalue weighted by Gasteiger charge is -2.36. The third-order valence-electron chi connectivity index (χ3n) is 5.21. The molecule has 0 aromatic heterocycles. The average molecular weight is 295 g/mol. The summed E-state index contributed by atoms with van der Waals surface area (Å²) in [5, 5.41) is 3.51. The predicted octanol–water partition coefficient (Wildman–Crippen LogP) is 0.698. The van der Waals surface area contributed by atoms with Gasteiger partial charge in [-0.15, -0.1) is 0 Å². The second-order valence-corrected chi connectivity index (χ2v) is 7.30. The largest absolute Gasteiger partial charge is 0.373 e. The Kier molecular flexibility index (Phi) is 4.52. The quantitative estimate of drug-likeness (QED) is 0.814. The highest BCUT2D eigenvalue weighted by Gasteiger charge is 2.40. The Balaban J connectivity index is 1.52. The van der Waals surface area contributed by atoms with Crippen LogP contribution in [0.25, 0.3) is 0 Å². The molecule has 3 fully saturated rings. The van der Waals surface area contributed by atoms with Crippen molar-refractivity contribution >= 4 is 5.91 Å². The van der Waals surface area contributed by atoms with Crippen LogP contribution in [0.1, 0.15) is 33.1 Å². The maximum atomic E-state index is 12.6. The van der Waals surface area contributed by atoms with E-state index in [1.165, 1.54) is 19.3 Å². The fourth-order valence-corrected chi connectivity index (χ4v) is 4.23. The summed E-state index contributed by atoms with van der Waals surface area (Å²) in [7, 11) is 0. The van der Waals surface area contributed by atoms with Crippen molar-refractivity contribution in [3.8, 4) is 0 Å². The smallest absolute Gasteiger partial charge is 0.236 e. The van der Waals surface area contributed by atoms with Crippen molar-refractivity contribution in [1.29, 1.82) is 0 Å². The van der Waals surface area contributed by atoms with E-state index < -0.39 is 0 Å². The van der Waals surface area contributed by atoms with Crippen LogP contribution in [0.4, 0.5) is 0 Å². The number of nitrogens with one attached hydrogen (secondary N) is 1. The van der Waals surface area contributed by atoms with Crippen molar-refractivity contribution in [3.05, 3.63) is 0 Å². The Bertz CT molecular complexity index is 372. The molecule has 0 radical (unpaired) electrons. The molecule has 3 aliphatic rings. The molecule has 0 aliphatic carbocycles. The summed E-state index contributed by atoms with van der Waals surface area (Å²) < 4.78 is 5.74. The summed E-state index contributed by atoms with van der Waals surface area (Å²) in [5.41, 5.74) is 0.361. The molecule has 21 heavy (non-hydrogen) atoms. The zero-order chi connectivity index (χ0) is 14.9. The Hall–Kier alpha value is -0.650. The van der Waals surface area contributed by atoms with Crippen LogP contribution in [0, 0.1) is 5.41 Å². The first kappa shape index (κ1) is 15.3. The van der Waals surface area contributed by atoms with E-state index in [9.17, 15) is 4.79 Å². The van der Waals surface area contributed by atoms with E-state index in [1.54, 1.807) is 0 Å². The molecule has 5 heteroatoms. The van der Waals surface area contributed by atoms with E-state index in [4.69, 9.17) is 4.74 Å². The number of carbonyl (C=O) groups is 1. The van der Waals surface area contributed by atoms with Gasteiger partial charge < -0.3 is 15.0 Å². The molecular weight excluding hydrogens is 266 g/mol. The zero-order valence-electron chi connectivity index (χ0n) is 13.4. The highest BCUT2D eigenvalue weighted by molar-refractivity contribution is 5.78. The molecule has 120 valence electrons. The summed E-state index contributed by atoms with van der Waals surface area (Å²) in [6, 6.07) is 0. The van der Waals surface area contributed by atoms with Gasteiger partial charge in [-0.3, -0.25) is 9.69 Å². The summed E-state index contributed by atoms with van der Waals surface area (Å²) >= 11 is 0. The molecule has 3 aliphatic heterocycles. The van der Waals surface area contributed by atoms with E-state index in [0.29, 0.717) is 17.9 Å². The molecule has 3 rings (SSSR count). The van der Waals surface area contributed by atoms with Gasteiger partial charge in [0.25, 0.3) is 0 Å². The van der Waals surface area contributed by atoms with Gasteiger partial charge in [0.05, 0.1) is 18.8 Å². The van der Waals surface area contributed by atoms with E-state index in [-0.39, 0.29) is 12.2 Å². The second kappa shape index (κ2) is 6.23. The van der Waals surface area contributed by atoms with Gasteiger partial charge in [0.15, 0.2) is 0 Å². The van der Waals surface area contributed by atoms with Gasteiger partial charge >= 0.3 is 0 Å². The second-order valence-electron chi connectivity index (χ2n) is 7.30. The van der Waals surface area contributed by atoms with Crippen molar-refractivity contribution in [1.82, 2.24) is 15.1 Å². The first-order chi connectivity index (χ1) is 10.1. The third-order valence-corrected chi connectivity index (χ3v) is 5.21. The molecule has 5 nitrogen and oxygen atoms in total. The molecule has 0 saturated carbocycles. The predicted molar refractivity (Wildman–Crippen MR) is 82.2 cm³/mol. The summed E-state index contributed by atoms with van der Waals surface area (Å²) in [5.74, 6) is 0.304. The number of hydrogen-bond acceptors (Lipinski definition) is 4. The summed E-state index contributed by atoms with van der Waals surface area (Å²) in [4.78, 5) is 16.9. The van der Waals surface area contributed by atoms with Crippen LogP contribution in [-0.4, -0.2) is 73.7 Å². The van der Waals surface area contributed by atoms with Crippen molar-refractivity contribution in [3.63, 3.8) is 0 Å². The van der Waals surface area contributed by atoms with Crippen LogP contribution >= 0.6 is 0 Å². The van der Waals surface area contributed by atoms with Gasteiger partial charge in [-0.05, 0) is 39.7 Å². The molecule has 3 saturated heterocycles. The fraction of sp³-hybridized carbons (Fsp3) is 0.938. The normalized spacial score (nSPS) is 38.1. The van der Waals surface area contributed by atoms with Crippen LogP contribution in [0.2, 0.25) is 0 Å². The minimum atomic E-state index is 0.231. The maximum Gasteiger partial charge on any atom is 0.236 e. The van der Waals surface area contributed by atoms with Gasteiger partial charge in [0.2, 0.25) is 5.91 Å². The van der Waals surface area contributed by atoms with E-state index in [0.717, 1.165) is 39.3 Å². The molecule has 1 N–H and O–H groups in total. The molecule has 1 unspecified atom stereocenters. The minimum absolute atomic E-state index is 0.231. The van der Waals surface area contributed by atoms with Crippen LogP contribution in [-0.2, 0) is 9.53 Å². The van der Waals surface area contributed by atoms with Crippen LogP contribution in [0.3, 0.4) is 0 Å². The number of ether oxygens (including phenoxy) is 1. The number of carbonyl (C=O) groups excluding carboxylic acids is 1. The van der Waals surface area contributed by atoms with Crippen molar-refractivity contribution in [2.75, 3.05) is 45.8 Å². The molecule has 3 atom stereocenters. The number of piperidine rings is 1. The number of likely N-dealkylation sites (tertiary alicyclic amines) is 1. The Morgan fingerprint density at radius 1 is 1.29 bits per heavy atom. The lowest BCUT2D eigenvalue weighted by Crippen LogP contribution is -2.50. The number of morpholine rings is 1. The van der Waals surface area contributed by atoms with Gasteiger partial charge in [-0.2, -0.15) is 0 Å². The van der Waals surface area contributed by atoms with Crippen molar-refractivity contribution < 1.29 is 9.53 Å². The molecule has 1 amide bonds. The molecule has 0 bridgehead atoms. The first-order valence-corrected chi connectivity index (χ1v) is 8.43. The molecular formula is C16H29N3O2. The monoisotopic (exact) mass is 295 g/mol. The van der Waals surface area contributed by atoms with Crippen LogP contribution in [0.15, 0.2) is 0 Å². The maximum absolute atomic E-state index is 12.6. The van der Waals surface area contributed by atoms with Gasteiger partial charge in [0.1, 0.15) is 0 Å². The third kappa shape index (κ3) is 3.58. The molecule has 0 aromatic carbocycles. The highest BCUT2D eigenvalue weighted by atomic mass is 16.5. The Morgan fingerprint density at radius 2 is 2.05 bits per heavy atom. The van der Waals surface area contributed by atoms with Gasteiger partial charge in [-0.25, -0.2) is 0 Å². The lowest BCUT2D eigenvalue weighted by atomic mass is 9.80. The van der Waals surface area contributed by atoms with Crippen molar-refractivity contribution in [2.45, 2.75) is 45.3 Å². The number of hydrogen-bond donors (Lipinski definition) is 1. The summed E-state index contributed by atoms with van der Waals surface area (Å²) in [6.07, 6.45) is 4.15. The highest BCUT2D eigenvalue weighted by Crippen LogP contribution is 2.36. The minimum Gasteiger partial charge on any atom is -0.373 e. The first-order valence-electron chi connectivity index (χ1n) is 8.43. The Morgan fingerprint density at radius 3 is 2.71 bits per heavy atom. The standard InChI is InChI=1S/C16H29N3O2/c1-13-8-18(9-14(2)21-13)10-15(20)19-7-5-16(12-19)4-3-6-17-11-16/h13-14,17H,3-12H2,1-2H3/t13-,14+,16?. The van der Waals surface area contributed by atoms with Crippen LogP contribution < -0.4 is 5.32 Å².